The summed E-state index contributed by atoms with van der Waals surface area (Å²) in [6, 6.07) is 4.70. The number of carboxylic acids is 1. The monoisotopic (exact) mass is 217 g/mol. The second-order valence-electron chi connectivity index (χ2n) is 3.04. The number of hydrogen-bond donors (Lipinski definition) is 1. The zero-order valence-corrected chi connectivity index (χ0v) is 8.08. The van der Waals surface area contributed by atoms with E-state index in [9.17, 15) is 9.59 Å². The van der Waals surface area contributed by atoms with Crippen LogP contribution in [0.15, 0.2) is 46.1 Å². The fraction of sp³-hybridized carbons (Fsp3) is 0. The first-order chi connectivity index (χ1) is 7.70. The van der Waals surface area contributed by atoms with Crippen molar-refractivity contribution in [1.29, 1.82) is 0 Å². The molecule has 2 rings (SSSR count). The second-order valence-corrected chi connectivity index (χ2v) is 3.04. The largest absolute Gasteiger partial charge is 0.477 e. The van der Waals surface area contributed by atoms with Crippen molar-refractivity contribution in [1.82, 2.24) is 4.98 Å². The quantitative estimate of drug-likeness (QED) is 0.822. The molecular weight excluding hydrogens is 210 g/mol. The molecule has 0 spiro atoms. The van der Waals surface area contributed by atoms with Crippen LogP contribution in [0.4, 0.5) is 0 Å². The highest BCUT2D eigenvalue weighted by Crippen LogP contribution is 2.20. The minimum atomic E-state index is -1.30. The van der Waals surface area contributed by atoms with E-state index in [1.807, 2.05) is 0 Å². The standard InChI is InChI=1S/C11H7NO4/c13-10(14)9-8(3-6-16-11(9)15)7-1-4-12-5-2-7/h1-6H,(H,13,14). The number of aromatic nitrogens is 1. The number of rotatable bonds is 2. The lowest BCUT2D eigenvalue weighted by Gasteiger charge is -2.03. The van der Waals surface area contributed by atoms with Gasteiger partial charge in [-0.3, -0.25) is 4.98 Å². The van der Waals surface area contributed by atoms with E-state index in [0.717, 1.165) is 0 Å². The van der Waals surface area contributed by atoms with E-state index in [2.05, 4.69) is 9.40 Å². The molecule has 0 aromatic carbocycles. The Morgan fingerprint density at radius 1 is 1.25 bits per heavy atom. The molecule has 0 bridgehead atoms. The number of pyridine rings is 1. The molecule has 2 aromatic heterocycles. The van der Waals surface area contributed by atoms with Gasteiger partial charge in [-0.2, -0.15) is 0 Å². The van der Waals surface area contributed by atoms with Crippen LogP contribution in [0.3, 0.4) is 0 Å². The van der Waals surface area contributed by atoms with E-state index in [4.69, 9.17) is 5.11 Å². The minimum absolute atomic E-state index is 0.325. The number of hydrogen-bond acceptors (Lipinski definition) is 4. The van der Waals surface area contributed by atoms with Gasteiger partial charge >= 0.3 is 11.6 Å². The predicted octanol–water partition coefficient (Wildman–Crippen LogP) is 1.40. The molecule has 0 aliphatic heterocycles. The molecule has 0 aliphatic rings. The van der Waals surface area contributed by atoms with Gasteiger partial charge in [0, 0.05) is 18.0 Å². The molecule has 0 amide bonds. The summed E-state index contributed by atoms with van der Waals surface area (Å²) in [6.07, 6.45) is 4.22. The van der Waals surface area contributed by atoms with Crippen LogP contribution in [0.5, 0.6) is 0 Å². The van der Waals surface area contributed by atoms with Gasteiger partial charge in [0.2, 0.25) is 0 Å². The Hall–Kier alpha value is -2.43. The van der Waals surface area contributed by atoms with Gasteiger partial charge in [0.25, 0.3) is 0 Å². The molecule has 0 aliphatic carbocycles. The zero-order valence-electron chi connectivity index (χ0n) is 8.08. The molecule has 0 radical (unpaired) electrons. The summed E-state index contributed by atoms with van der Waals surface area (Å²) < 4.78 is 4.53. The van der Waals surface area contributed by atoms with Gasteiger partial charge < -0.3 is 9.52 Å². The summed E-state index contributed by atoms with van der Waals surface area (Å²) in [5.74, 6) is -1.30. The summed E-state index contributed by atoms with van der Waals surface area (Å²) in [5.41, 5.74) is -0.290. The maximum absolute atomic E-state index is 11.3. The number of carboxylic acid groups (broad SMARTS) is 1. The summed E-state index contributed by atoms with van der Waals surface area (Å²) in [6.45, 7) is 0. The van der Waals surface area contributed by atoms with E-state index in [-0.39, 0.29) is 5.56 Å². The van der Waals surface area contributed by atoms with E-state index in [0.29, 0.717) is 11.1 Å². The van der Waals surface area contributed by atoms with Crippen LogP contribution in [0.2, 0.25) is 0 Å². The maximum Gasteiger partial charge on any atom is 0.351 e. The molecule has 1 N–H and O–H groups in total. The van der Waals surface area contributed by atoms with Crippen LogP contribution in [-0.4, -0.2) is 16.1 Å². The van der Waals surface area contributed by atoms with Crippen molar-refractivity contribution in [2.24, 2.45) is 0 Å². The molecule has 0 fully saturated rings. The Labute approximate surface area is 90.0 Å². The highest BCUT2D eigenvalue weighted by atomic mass is 16.4. The Morgan fingerprint density at radius 2 is 1.94 bits per heavy atom. The Bertz CT molecular complexity index is 574. The van der Waals surface area contributed by atoms with Crippen LogP contribution in [-0.2, 0) is 0 Å². The fourth-order valence-corrected chi connectivity index (χ4v) is 1.39. The molecule has 0 saturated carbocycles. The Balaban J connectivity index is 2.71. The SMILES string of the molecule is O=C(O)c1c(-c2ccncc2)ccoc1=O. The van der Waals surface area contributed by atoms with Crippen molar-refractivity contribution in [3.63, 3.8) is 0 Å². The van der Waals surface area contributed by atoms with Crippen molar-refractivity contribution in [3.8, 4) is 11.1 Å². The van der Waals surface area contributed by atoms with Crippen molar-refractivity contribution in [3.05, 3.63) is 52.8 Å². The minimum Gasteiger partial charge on any atom is -0.477 e. The van der Waals surface area contributed by atoms with Crippen molar-refractivity contribution in [2.75, 3.05) is 0 Å². The third kappa shape index (κ3) is 1.70. The van der Waals surface area contributed by atoms with Gasteiger partial charge in [0.1, 0.15) is 0 Å². The van der Waals surface area contributed by atoms with Gasteiger partial charge in [-0.15, -0.1) is 0 Å². The van der Waals surface area contributed by atoms with Crippen LogP contribution in [0, 0.1) is 0 Å². The molecule has 16 heavy (non-hydrogen) atoms. The van der Waals surface area contributed by atoms with Gasteiger partial charge in [0.05, 0.1) is 6.26 Å². The third-order valence-electron chi connectivity index (χ3n) is 2.09. The van der Waals surface area contributed by atoms with Gasteiger partial charge in [0.15, 0.2) is 5.56 Å². The zero-order chi connectivity index (χ0) is 11.5. The summed E-state index contributed by atoms with van der Waals surface area (Å²) >= 11 is 0. The third-order valence-corrected chi connectivity index (χ3v) is 2.09. The van der Waals surface area contributed by atoms with Crippen molar-refractivity contribution >= 4 is 5.97 Å². The average Bonchev–Trinajstić information content (AvgIpc) is 2.29. The highest BCUT2D eigenvalue weighted by molar-refractivity contribution is 5.95. The van der Waals surface area contributed by atoms with Crippen molar-refractivity contribution < 1.29 is 14.3 Å². The van der Waals surface area contributed by atoms with Gasteiger partial charge in [-0.05, 0) is 23.8 Å². The highest BCUT2D eigenvalue weighted by Gasteiger charge is 2.16. The Morgan fingerprint density at radius 3 is 2.56 bits per heavy atom. The maximum atomic E-state index is 11.3. The number of aromatic carboxylic acids is 1. The molecule has 5 nitrogen and oxygen atoms in total. The lowest BCUT2D eigenvalue weighted by molar-refractivity contribution is 0.0693. The molecule has 2 aromatic rings. The molecular formula is C11H7NO4. The average molecular weight is 217 g/mol. The van der Waals surface area contributed by atoms with E-state index in [1.54, 1.807) is 12.1 Å². The number of carbonyl (C=O) groups is 1. The first kappa shape index (κ1) is 10.1. The van der Waals surface area contributed by atoms with Gasteiger partial charge in [-0.25, -0.2) is 9.59 Å². The molecule has 0 atom stereocenters. The first-order valence-electron chi connectivity index (χ1n) is 4.45. The first-order valence-corrected chi connectivity index (χ1v) is 4.45. The van der Waals surface area contributed by atoms with Crippen LogP contribution in [0.1, 0.15) is 10.4 Å². The molecule has 2 heterocycles. The smallest absolute Gasteiger partial charge is 0.351 e. The Kier molecular flexibility index (Phi) is 2.51. The summed E-state index contributed by atoms with van der Waals surface area (Å²) in [7, 11) is 0. The summed E-state index contributed by atoms with van der Waals surface area (Å²) in [5, 5.41) is 8.93. The van der Waals surface area contributed by atoms with Crippen LogP contribution >= 0.6 is 0 Å². The molecule has 0 saturated heterocycles. The van der Waals surface area contributed by atoms with Crippen molar-refractivity contribution in [2.45, 2.75) is 0 Å². The number of nitrogens with zero attached hydrogens (tertiary/aromatic N) is 1. The van der Waals surface area contributed by atoms with E-state index in [1.165, 1.54) is 24.7 Å². The molecule has 0 unspecified atom stereocenters. The van der Waals surface area contributed by atoms with Crippen LogP contribution < -0.4 is 5.63 Å². The second kappa shape index (κ2) is 3.98. The topological polar surface area (TPSA) is 80.4 Å². The normalized spacial score (nSPS) is 10.0. The van der Waals surface area contributed by atoms with E-state index < -0.39 is 11.6 Å². The van der Waals surface area contributed by atoms with Crippen LogP contribution in [0.25, 0.3) is 11.1 Å². The molecule has 80 valence electrons. The summed E-state index contributed by atoms with van der Waals surface area (Å²) in [4.78, 5) is 26.1. The fourth-order valence-electron chi connectivity index (χ4n) is 1.39. The molecule has 5 heteroatoms. The lowest BCUT2D eigenvalue weighted by atomic mass is 10.0. The van der Waals surface area contributed by atoms with E-state index >= 15 is 0 Å². The van der Waals surface area contributed by atoms with Gasteiger partial charge in [-0.1, -0.05) is 0 Å². The predicted molar refractivity (Wildman–Crippen MR) is 55.2 cm³/mol. The lowest BCUT2D eigenvalue weighted by Crippen LogP contribution is -2.14.